The molecule has 0 heterocycles. The minimum Gasteiger partial charge on any atom is -0.497 e. The highest BCUT2D eigenvalue weighted by molar-refractivity contribution is 5.35. The van der Waals surface area contributed by atoms with Crippen LogP contribution in [0.5, 0.6) is 69.0 Å². The van der Waals surface area contributed by atoms with Crippen LogP contribution in [0.1, 0.15) is 23.6 Å². The number of hydrogen-bond acceptors (Lipinski definition) is 13. The fraction of sp³-hybridized carbons (Fsp3) is 0.140. The number of hydrogen-bond donors (Lipinski definition) is 0. The monoisotopic (exact) mass is 2550 g/mol. The van der Waals surface area contributed by atoms with E-state index < -0.39 is 32.9 Å². The number of alkyl halides is 3. The molecule has 0 aliphatic heterocycles. The van der Waals surface area contributed by atoms with Gasteiger partial charge in [0.25, 0.3) is 3.57 Å². The van der Waals surface area contributed by atoms with Crippen LogP contribution in [0.2, 0.25) is 0 Å². The number of halogens is 10. The average Bonchev–Trinajstić information content (AvgIpc) is 0.829. The number of ether oxygens (including phenoxy) is 12. The molecule has 0 fully saturated rings. The summed E-state index contributed by atoms with van der Waals surface area (Å²) in [6, 6.07) is 112. The first-order valence-corrected chi connectivity index (χ1v) is 52.9. The molecule has 0 saturated heterocycles. The second-order valence-corrected chi connectivity index (χ2v) is 45.7. The Morgan fingerprint density at radius 2 is 0.492 bits per heavy atom. The summed E-state index contributed by atoms with van der Waals surface area (Å²) in [6.45, 7) is 2.15. The summed E-state index contributed by atoms with van der Waals surface area (Å²) in [5, 5.41) is 8.84. The molecule has 23 heteroatoms. The van der Waals surface area contributed by atoms with Crippen LogP contribution in [0.25, 0.3) is 0 Å². The standard InChI is InChI=1S/C16H18IO2.C15H16IO3.C14H11F3IO.C14H11INO.2C14H14IO2.C13H12IO.7CH3/c1-4-12-5-6-14(11-16(12)19-3)17-13-7-9-15(18-2)10-8-13;1-17-12-9-7-11(8-10-12)16-15-13(18-2)5-4-6-14(15)19-3;1-19-13-7-5-11(6-8-13)18-12-4-2-3-10(9-12)14(15,16)17;1-17-14-7-5-12(6-8-14)15-13-4-2-3-11(9-13)10-16;1-16-13-7-3-11(4-8-13)15-12-5-9-14(17-2)10-6-12;1-16-12-9-7-11(8-10-12)15-13-5-3-4-6-14(13)17-2;1-15-13-9-7-12(8-10-13)14-11-5-3-2-4-6-11;;;;;;;/h5-11H,4H2,1-3H3;4-10H,1-3H3;2-9H,1H3;2-9H,1H3;2*3-10H,1-2H3;2-10H,1H3;7*1H3/q7*+1;7*-1. The molecule has 0 aromatic heterocycles. The highest BCUT2D eigenvalue weighted by atomic mass is 127. The summed E-state index contributed by atoms with van der Waals surface area (Å²) in [4.78, 5) is 0. The Labute approximate surface area is 846 Å². The van der Waals surface area contributed by atoms with Crippen molar-refractivity contribution >= 4 is 0 Å². The molecule has 0 spiro atoms. The lowest BCUT2D eigenvalue weighted by Gasteiger charge is -2.04. The quantitative estimate of drug-likeness (QED) is 0.0551. The van der Waals surface area contributed by atoms with Crippen molar-refractivity contribution in [2.24, 2.45) is 0 Å². The molecule has 0 radical (unpaired) electrons. The molecule has 14 rings (SSSR count). The Morgan fingerprint density at radius 1 is 0.238 bits per heavy atom. The third kappa shape index (κ3) is 41.9. The Morgan fingerprint density at radius 3 is 0.808 bits per heavy atom. The molecule has 0 aliphatic carbocycles. The summed E-state index contributed by atoms with van der Waals surface area (Å²) in [6.07, 6.45) is -3.27. The second-order valence-electron chi connectivity index (χ2n) is 24.8. The molecule has 0 saturated carbocycles. The first-order valence-electron chi connectivity index (χ1n) is 37.8. The van der Waals surface area contributed by atoms with Gasteiger partial charge in [-0.05, 0) is 273 Å². The van der Waals surface area contributed by atoms with E-state index in [0.717, 1.165) is 97.8 Å². The van der Waals surface area contributed by atoms with Crippen LogP contribution in [0, 0.1) is 113 Å². The van der Waals surface area contributed by atoms with E-state index in [1.807, 2.05) is 158 Å². The van der Waals surface area contributed by atoms with E-state index in [-0.39, 0.29) is 179 Å². The zero-order valence-corrected chi connectivity index (χ0v) is 92.2. The maximum Gasteiger partial charge on any atom is 0.416 e. The lowest BCUT2D eigenvalue weighted by molar-refractivity contribution is -0.599. The highest BCUT2D eigenvalue weighted by Gasteiger charge is 2.33. The molecule has 0 atom stereocenters. The Balaban J connectivity index is 0.000000752. The fourth-order valence-corrected chi connectivity index (χ4v) is 26.8. The van der Waals surface area contributed by atoms with Crippen molar-refractivity contribution in [1.82, 2.24) is 0 Å². The molecule has 14 aromatic carbocycles. The molecule has 13 nitrogen and oxygen atoms in total. The lowest BCUT2D eigenvalue weighted by atomic mass is 10.1. The molecule has 0 unspecified atom stereocenters. The van der Waals surface area contributed by atoms with Crippen LogP contribution in [0.15, 0.2) is 334 Å². The first kappa shape index (κ1) is 119. The normalized spacial score (nSPS) is 9.65. The molecule has 130 heavy (non-hydrogen) atoms. The smallest absolute Gasteiger partial charge is 0.416 e. The van der Waals surface area contributed by atoms with Crippen molar-refractivity contribution in [3.63, 3.8) is 0 Å². The topological polar surface area (TPSA) is 135 Å². The van der Waals surface area contributed by atoms with Gasteiger partial charge in [-0.2, -0.15) is 18.4 Å². The zero-order chi connectivity index (χ0) is 88.0. The van der Waals surface area contributed by atoms with E-state index in [1.165, 1.54) is 57.0 Å². The highest BCUT2D eigenvalue weighted by Crippen LogP contribution is 2.29. The van der Waals surface area contributed by atoms with Crippen molar-refractivity contribution in [3.05, 3.63) is 452 Å². The number of aryl methyl sites for hydroxylation is 1. The molecule has 0 N–H and O–H groups in total. The summed E-state index contributed by atoms with van der Waals surface area (Å²) >= 11 is -1.71. The molecular formula is C107H117F3I7NO12. The number of para-hydroxylation sites is 1. The number of rotatable bonds is 27. The van der Waals surface area contributed by atoms with Gasteiger partial charge in [-0.25, -0.2) is 0 Å². The van der Waals surface area contributed by atoms with E-state index in [9.17, 15) is 13.2 Å². The molecular weight excluding hydrogens is 2440 g/mol. The summed E-state index contributed by atoms with van der Waals surface area (Å²) in [5.74, 6) is 10.8. The van der Waals surface area contributed by atoms with E-state index in [2.05, 4.69) is 165 Å². The SMILES string of the molecule is CCc1ccc([I+]c2ccc(OC)cc2)cc1OC.COc1ccc([I+]c2c(OC)cccc2OC)cc1.COc1ccc([I+]c2ccc(OC)cc2)cc1.COc1ccc([I+]c2cccc(C#N)c2)cc1.COc1ccc([I+]c2cccc(C(F)(F)F)c2)cc1.COc1ccc([I+]c2ccccc2)cc1.COc1ccc([I+]c2ccccc2OC)cc1.[CH3-].[CH3-].[CH3-].[CH3-].[CH3-].[CH3-].[CH3-]. The van der Waals surface area contributed by atoms with Gasteiger partial charge in [-0.15, -0.1) is 0 Å². The third-order valence-corrected chi connectivity index (χ3v) is 35.8. The van der Waals surface area contributed by atoms with E-state index in [1.54, 1.807) is 91.4 Å². The minimum atomic E-state index is -4.28. The van der Waals surface area contributed by atoms with Crippen molar-refractivity contribution < 1.29 is 218 Å². The zero-order valence-electron chi connectivity index (χ0n) is 77.1. The van der Waals surface area contributed by atoms with Crippen molar-refractivity contribution in [3.8, 4) is 75.1 Å². The van der Waals surface area contributed by atoms with Crippen molar-refractivity contribution in [2.75, 3.05) is 85.3 Å². The fourth-order valence-electron chi connectivity index (χ4n) is 10.4. The number of benzene rings is 14. The van der Waals surface area contributed by atoms with E-state index in [0.29, 0.717) is 0 Å². The van der Waals surface area contributed by atoms with Crippen molar-refractivity contribution in [2.45, 2.75) is 19.5 Å². The van der Waals surface area contributed by atoms with Gasteiger partial charge in [0.1, 0.15) is 51.7 Å². The van der Waals surface area contributed by atoms with Crippen LogP contribution in [-0.4, -0.2) is 85.3 Å². The average molecular weight is 2550 g/mol. The van der Waals surface area contributed by atoms with Crippen LogP contribution in [0.4, 0.5) is 13.2 Å². The van der Waals surface area contributed by atoms with Crippen molar-refractivity contribution in [1.29, 1.82) is 5.26 Å². The summed E-state index contributed by atoms with van der Waals surface area (Å²) in [5.41, 5.74) is 1.42. The van der Waals surface area contributed by atoms with Gasteiger partial charge in [0.05, 0.1) is 103 Å². The van der Waals surface area contributed by atoms with Crippen LogP contribution in [0.3, 0.4) is 0 Å². The van der Waals surface area contributed by atoms with Gasteiger partial charge in [0, 0.05) is 18.2 Å². The Kier molecular flexibility index (Phi) is 60.9. The summed E-state index contributed by atoms with van der Waals surface area (Å²) < 4.78 is 118. The van der Waals surface area contributed by atoms with E-state index in [4.69, 9.17) is 62.1 Å². The van der Waals surface area contributed by atoms with Crippen LogP contribution < -0.4 is 205 Å². The van der Waals surface area contributed by atoms with Gasteiger partial charge < -0.3 is 109 Å². The van der Waals surface area contributed by atoms with E-state index >= 15 is 0 Å². The molecule has 14 aromatic rings. The minimum absolute atomic E-state index is 0. The third-order valence-electron chi connectivity index (χ3n) is 16.8. The predicted molar refractivity (Wildman–Crippen MR) is 495 cm³/mol. The maximum atomic E-state index is 12.6. The van der Waals surface area contributed by atoms with Gasteiger partial charge in [0.15, 0.2) is 60.1 Å². The lowest BCUT2D eigenvalue weighted by Crippen LogP contribution is -3.61. The predicted octanol–water partition coefficient (Wildman–Crippen LogP) is 3.41. The molecule has 0 aliphatic rings. The molecule has 692 valence electrons. The first-order chi connectivity index (χ1) is 59.9. The molecule has 0 amide bonds. The maximum absolute atomic E-state index is 12.6. The van der Waals surface area contributed by atoms with Gasteiger partial charge in [0.2, 0.25) is 3.57 Å². The number of methoxy groups -OCH3 is 12. The van der Waals surface area contributed by atoms with Gasteiger partial charge in [-0.1, -0.05) is 61.5 Å². The largest absolute Gasteiger partial charge is 0.497 e. The van der Waals surface area contributed by atoms with Gasteiger partial charge in [-0.3, -0.25) is 0 Å². The summed E-state index contributed by atoms with van der Waals surface area (Å²) in [7, 11) is 20.2. The molecule has 0 bridgehead atoms. The van der Waals surface area contributed by atoms with Crippen LogP contribution in [-0.2, 0) is 12.6 Å². The Hall–Kier alpha value is -8.93. The second kappa shape index (κ2) is 66.4. The number of nitriles is 1. The van der Waals surface area contributed by atoms with Gasteiger partial charge >= 0.3 is 155 Å². The van der Waals surface area contributed by atoms with Crippen LogP contribution >= 0.6 is 0 Å². The number of nitrogens with zero attached hydrogens (tertiary/aromatic N) is 1. The Bertz CT molecular complexity index is 5370.